The van der Waals surface area contributed by atoms with Gasteiger partial charge >= 0.3 is 6.09 Å². The summed E-state index contributed by atoms with van der Waals surface area (Å²) in [7, 11) is 0. The van der Waals surface area contributed by atoms with E-state index in [1.54, 1.807) is 6.20 Å². The van der Waals surface area contributed by atoms with Gasteiger partial charge in [-0.2, -0.15) is 0 Å². The first-order chi connectivity index (χ1) is 11.9. The molecule has 5 heterocycles. The molecular weight excluding hydrogens is 328 g/mol. The molecule has 1 spiro atoms. The Morgan fingerprint density at radius 3 is 2.92 bits per heavy atom. The normalized spacial score (nSPS) is 37.2. The van der Waals surface area contributed by atoms with Gasteiger partial charge in [-0.3, -0.25) is 4.79 Å². The van der Waals surface area contributed by atoms with Crippen molar-refractivity contribution >= 4 is 12.0 Å². The molecule has 1 atom stereocenters. The van der Waals surface area contributed by atoms with Crippen molar-refractivity contribution in [2.45, 2.75) is 49.2 Å². The highest BCUT2D eigenvalue weighted by atomic mass is 16.6. The molecule has 1 aliphatic carbocycles. The predicted molar refractivity (Wildman–Crippen MR) is 82.8 cm³/mol. The highest BCUT2D eigenvalue weighted by molar-refractivity contribution is 5.92. The van der Waals surface area contributed by atoms with Crippen LogP contribution in [0.4, 0.5) is 4.79 Å². The molecule has 0 aromatic carbocycles. The number of cyclic esters (lactones) is 1. The first-order valence-corrected chi connectivity index (χ1v) is 8.49. The van der Waals surface area contributed by atoms with Gasteiger partial charge in [0, 0.05) is 25.9 Å². The minimum absolute atomic E-state index is 0.133. The lowest BCUT2D eigenvalue weighted by molar-refractivity contribution is -0.0864. The van der Waals surface area contributed by atoms with Crippen LogP contribution < -0.4 is 16.0 Å². The number of aromatic nitrogens is 3. The van der Waals surface area contributed by atoms with Gasteiger partial charge < -0.3 is 25.4 Å². The maximum atomic E-state index is 12.7. The Hall–Kier alpha value is -2.20. The second kappa shape index (κ2) is 4.70. The zero-order chi connectivity index (χ0) is 17.3. The van der Waals surface area contributed by atoms with Crippen LogP contribution in [0.2, 0.25) is 0 Å². The van der Waals surface area contributed by atoms with Gasteiger partial charge in [-0.25, -0.2) is 9.48 Å². The van der Waals surface area contributed by atoms with E-state index >= 15 is 0 Å². The Morgan fingerprint density at radius 1 is 1.48 bits per heavy atom. The summed E-state index contributed by atoms with van der Waals surface area (Å²) < 4.78 is 12.8. The van der Waals surface area contributed by atoms with Gasteiger partial charge in [-0.05, 0) is 6.92 Å². The lowest BCUT2D eigenvalue weighted by atomic mass is 9.61. The van der Waals surface area contributed by atoms with E-state index in [1.165, 1.54) is 4.68 Å². The van der Waals surface area contributed by atoms with Crippen LogP contribution >= 0.6 is 0 Å². The van der Waals surface area contributed by atoms with Crippen molar-refractivity contribution in [3.63, 3.8) is 0 Å². The first-order valence-electron chi connectivity index (χ1n) is 8.49. The monoisotopic (exact) mass is 348 g/mol. The fourth-order valence-corrected chi connectivity index (χ4v) is 4.67. The molecule has 4 aliphatic heterocycles. The molecule has 4 saturated heterocycles. The van der Waals surface area contributed by atoms with Crippen molar-refractivity contribution in [1.82, 2.24) is 30.9 Å². The number of hydrogen-bond donors (Lipinski definition) is 3. The largest absolute Gasteiger partial charge is 0.442 e. The van der Waals surface area contributed by atoms with Crippen molar-refractivity contribution < 1.29 is 19.1 Å². The number of hydrogen-bond acceptors (Lipinski definition) is 7. The van der Waals surface area contributed by atoms with E-state index in [2.05, 4.69) is 33.2 Å². The second-order valence-corrected chi connectivity index (χ2v) is 7.77. The third-order valence-corrected chi connectivity index (χ3v) is 5.75. The molecule has 25 heavy (non-hydrogen) atoms. The topological polar surface area (TPSA) is 119 Å². The van der Waals surface area contributed by atoms with Gasteiger partial charge in [0.05, 0.1) is 30.4 Å². The summed E-state index contributed by atoms with van der Waals surface area (Å²) in [5.41, 5.74) is -0.489. The smallest absolute Gasteiger partial charge is 0.407 e. The number of nitrogens with zero attached hydrogens (tertiary/aromatic N) is 3. The zero-order valence-electron chi connectivity index (χ0n) is 13.9. The average molecular weight is 348 g/mol. The molecule has 5 fully saturated rings. The van der Waals surface area contributed by atoms with Crippen LogP contribution in [-0.2, 0) is 16.0 Å². The first kappa shape index (κ1) is 15.1. The van der Waals surface area contributed by atoms with E-state index < -0.39 is 6.09 Å². The lowest BCUT2D eigenvalue weighted by Gasteiger charge is -2.51. The molecular formula is C15H20N6O4. The molecule has 10 heteroatoms. The SMILES string of the molecule is CC12CC(NC(=O)c3cn(CC4CNC(=O)O4)nn3)(C1)C1(CNC1)O2. The average Bonchev–Trinajstić information content (AvgIpc) is 3.19. The van der Waals surface area contributed by atoms with E-state index in [-0.39, 0.29) is 34.4 Å². The van der Waals surface area contributed by atoms with Gasteiger partial charge in [-0.1, -0.05) is 5.21 Å². The van der Waals surface area contributed by atoms with E-state index in [9.17, 15) is 9.59 Å². The standard InChI is InChI=1S/C15H20N6O4/c1-13-5-14(6-13,15(25-13)7-16-8-15)18-11(22)10-4-21(20-19-10)3-9-2-17-12(23)24-9/h4,9,16H,2-3,5-8H2,1H3,(H,17,23)(H,18,22). The minimum atomic E-state index is -0.434. The highest BCUT2D eigenvalue weighted by Crippen LogP contribution is 2.61. The number of rotatable bonds is 4. The summed E-state index contributed by atoms with van der Waals surface area (Å²) >= 11 is 0. The molecule has 1 aromatic rings. The number of carbonyl (C=O) groups is 2. The summed E-state index contributed by atoms with van der Waals surface area (Å²) in [6.45, 7) is 4.40. The molecule has 5 aliphatic rings. The van der Waals surface area contributed by atoms with Crippen LogP contribution in [-0.4, -0.2) is 69.5 Å². The van der Waals surface area contributed by atoms with E-state index in [1.807, 2.05) is 0 Å². The van der Waals surface area contributed by atoms with Crippen LogP contribution in [0.15, 0.2) is 6.20 Å². The number of amides is 2. The van der Waals surface area contributed by atoms with Gasteiger partial charge in [0.15, 0.2) is 5.69 Å². The van der Waals surface area contributed by atoms with E-state index in [4.69, 9.17) is 9.47 Å². The van der Waals surface area contributed by atoms with Gasteiger partial charge in [0.25, 0.3) is 5.91 Å². The van der Waals surface area contributed by atoms with Crippen molar-refractivity contribution in [2.75, 3.05) is 19.6 Å². The van der Waals surface area contributed by atoms with Crippen LogP contribution in [0.5, 0.6) is 0 Å². The van der Waals surface area contributed by atoms with Crippen LogP contribution in [0, 0.1) is 0 Å². The molecule has 134 valence electrons. The summed E-state index contributed by atoms with van der Waals surface area (Å²) in [5, 5.41) is 16.9. The lowest BCUT2D eigenvalue weighted by Crippen LogP contribution is -2.75. The molecule has 0 radical (unpaired) electrons. The van der Waals surface area contributed by atoms with Crippen LogP contribution in [0.25, 0.3) is 0 Å². The quantitative estimate of drug-likeness (QED) is 0.624. The maximum absolute atomic E-state index is 12.7. The Labute approximate surface area is 143 Å². The zero-order valence-corrected chi connectivity index (χ0v) is 13.9. The molecule has 1 saturated carbocycles. The van der Waals surface area contributed by atoms with Gasteiger partial charge in [-0.15, -0.1) is 5.10 Å². The number of nitrogens with one attached hydrogen (secondary N) is 3. The second-order valence-electron chi connectivity index (χ2n) is 7.77. The fraction of sp³-hybridized carbons (Fsp3) is 0.733. The van der Waals surface area contributed by atoms with Crippen molar-refractivity contribution in [2.24, 2.45) is 0 Å². The fourth-order valence-electron chi connectivity index (χ4n) is 4.67. The molecule has 6 rings (SSSR count). The Morgan fingerprint density at radius 2 is 2.28 bits per heavy atom. The summed E-state index contributed by atoms with van der Waals surface area (Å²) in [6, 6.07) is 0. The summed E-state index contributed by atoms with van der Waals surface area (Å²) in [5.74, 6) is -0.244. The number of carbonyl (C=O) groups excluding carboxylic acids is 2. The number of alkyl carbamates (subject to hydrolysis) is 1. The van der Waals surface area contributed by atoms with Crippen LogP contribution in [0.1, 0.15) is 30.3 Å². The third kappa shape index (κ3) is 2.10. The van der Waals surface area contributed by atoms with Crippen molar-refractivity contribution in [3.05, 3.63) is 11.9 Å². The summed E-state index contributed by atoms with van der Waals surface area (Å²) in [6.07, 6.45) is 2.49. The Kier molecular flexibility index (Phi) is 2.84. The Balaban J connectivity index is 1.27. The molecule has 1 aromatic heterocycles. The van der Waals surface area contributed by atoms with E-state index in [0.717, 1.165) is 25.9 Å². The van der Waals surface area contributed by atoms with Gasteiger partial charge in [0.2, 0.25) is 0 Å². The molecule has 10 nitrogen and oxygen atoms in total. The third-order valence-electron chi connectivity index (χ3n) is 5.75. The summed E-state index contributed by atoms with van der Waals surface area (Å²) in [4.78, 5) is 23.7. The van der Waals surface area contributed by atoms with Crippen LogP contribution in [0.3, 0.4) is 0 Å². The molecule has 1 unspecified atom stereocenters. The van der Waals surface area contributed by atoms with E-state index in [0.29, 0.717) is 13.1 Å². The maximum Gasteiger partial charge on any atom is 0.407 e. The predicted octanol–water partition coefficient (Wildman–Crippen LogP) is -1.22. The van der Waals surface area contributed by atoms with Crippen molar-refractivity contribution in [3.8, 4) is 0 Å². The molecule has 2 amide bonds. The number of ether oxygens (including phenoxy) is 2. The highest BCUT2D eigenvalue weighted by Gasteiger charge is 2.75. The minimum Gasteiger partial charge on any atom is -0.442 e. The van der Waals surface area contributed by atoms with Gasteiger partial charge in [0.1, 0.15) is 11.7 Å². The molecule has 3 N–H and O–H groups in total. The molecule has 2 bridgehead atoms. The van der Waals surface area contributed by atoms with Crippen molar-refractivity contribution in [1.29, 1.82) is 0 Å². The Bertz CT molecular complexity index is 751.